The first-order valence-corrected chi connectivity index (χ1v) is 13.9. The highest BCUT2D eigenvalue weighted by Gasteiger charge is 2.40. The summed E-state index contributed by atoms with van der Waals surface area (Å²) in [5.74, 6) is -0.753. The molecule has 0 bridgehead atoms. The Morgan fingerprint density at radius 1 is 0.531 bits per heavy atom. The van der Waals surface area contributed by atoms with E-state index in [2.05, 4.69) is 27.7 Å². The molecule has 1 saturated carbocycles. The summed E-state index contributed by atoms with van der Waals surface area (Å²) < 4.78 is 0. The van der Waals surface area contributed by atoms with E-state index in [9.17, 15) is 0 Å². The van der Waals surface area contributed by atoms with Gasteiger partial charge < -0.3 is 0 Å². The van der Waals surface area contributed by atoms with Crippen molar-refractivity contribution in [3.8, 4) is 0 Å². The van der Waals surface area contributed by atoms with Crippen LogP contribution in [0.3, 0.4) is 0 Å². The van der Waals surface area contributed by atoms with Gasteiger partial charge in [-0.05, 0) is 53.4 Å². The minimum Gasteiger partial charge on any atom is -0.228 e. The molecule has 1 aliphatic carbocycles. The molecule has 0 aromatic heterocycles. The number of unbranched alkanes of at least 4 members (excludes halogenated alkanes) is 9. The summed E-state index contributed by atoms with van der Waals surface area (Å²) in [6.45, 7) is 16.8. The Kier molecular flexibility index (Phi) is 18.1. The molecule has 0 heterocycles. The van der Waals surface area contributed by atoms with Crippen molar-refractivity contribution >= 4 is 0 Å². The molecule has 0 unspecified atom stereocenters. The van der Waals surface area contributed by atoms with Crippen LogP contribution >= 0.6 is 0 Å². The fourth-order valence-corrected chi connectivity index (χ4v) is 3.33. The highest BCUT2D eigenvalue weighted by atomic mass is 17.3. The van der Waals surface area contributed by atoms with Gasteiger partial charge in [0, 0.05) is 12.8 Å². The van der Waals surface area contributed by atoms with Gasteiger partial charge in [0.25, 0.3) is 0 Å². The third-order valence-corrected chi connectivity index (χ3v) is 6.61. The summed E-state index contributed by atoms with van der Waals surface area (Å²) in [7, 11) is 0. The van der Waals surface area contributed by atoms with Crippen molar-refractivity contribution in [2.45, 2.75) is 182 Å². The predicted molar refractivity (Wildman–Crippen MR) is 136 cm³/mol. The third kappa shape index (κ3) is 16.5. The van der Waals surface area contributed by atoms with Crippen molar-refractivity contribution in [2.24, 2.45) is 0 Å². The van der Waals surface area contributed by atoms with E-state index in [0.29, 0.717) is 0 Å². The number of hydrogen-bond acceptors (Lipinski definition) is 4. The van der Waals surface area contributed by atoms with Crippen LogP contribution < -0.4 is 0 Å². The Hall–Kier alpha value is -0.160. The second kappa shape index (κ2) is 18.2. The first-order chi connectivity index (χ1) is 15.2. The van der Waals surface area contributed by atoms with Crippen molar-refractivity contribution in [1.29, 1.82) is 0 Å². The summed E-state index contributed by atoms with van der Waals surface area (Å²) >= 11 is 0. The molecule has 1 rings (SSSR count). The lowest BCUT2D eigenvalue weighted by Gasteiger charge is -2.38. The van der Waals surface area contributed by atoms with Gasteiger partial charge in [0.2, 0.25) is 5.79 Å². The topological polar surface area (TPSA) is 36.9 Å². The van der Waals surface area contributed by atoms with Crippen molar-refractivity contribution < 1.29 is 19.6 Å². The molecule has 0 aromatic carbocycles. The zero-order valence-electron chi connectivity index (χ0n) is 23.2. The Balaban J connectivity index is 0.000000687. The maximum Gasteiger partial charge on any atom is 0.234 e. The number of hydrogen-bond donors (Lipinski definition) is 0. The molecule has 0 saturated heterocycles. The highest BCUT2D eigenvalue weighted by molar-refractivity contribution is 4.74. The maximum absolute atomic E-state index is 5.72. The van der Waals surface area contributed by atoms with Crippen LogP contribution in [0.4, 0.5) is 0 Å². The normalized spacial score (nSPS) is 16.5. The molecule has 0 N–H and O–H groups in total. The summed E-state index contributed by atoms with van der Waals surface area (Å²) in [6.07, 6.45) is 21.2. The number of rotatable bonds is 17. The molecule has 0 spiro atoms. The second-order valence-electron chi connectivity index (χ2n) is 10.9. The first kappa shape index (κ1) is 31.8. The van der Waals surface area contributed by atoms with E-state index in [1.54, 1.807) is 0 Å². The largest absolute Gasteiger partial charge is 0.234 e. The quantitative estimate of drug-likeness (QED) is 0.0940. The van der Waals surface area contributed by atoms with Gasteiger partial charge in [-0.15, -0.1) is 0 Å². The SMILES string of the molecule is CCC(C)(C)OOC1(OOC(C)(C)CC)CCCCC1.CCCCCCCCCCCC. The lowest BCUT2D eigenvalue weighted by atomic mass is 9.94. The summed E-state index contributed by atoms with van der Waals surface area (Å²) in [5, 5.41) is 0. The van der Waals surface area contributed by atoms with Crippen LogP contribution in [0.1, 0.15) is 165 Å². The van der Waals surface area contributed by atoms with Gasteiger partial charge in [0.15, 0.2) is 0 Å². The van der Waals surface area contributed by atoms with E-state index in [-0.39, 0.29) is 11.2 Å². The Morgan fingerprint density at radius 2 is 0.875 bits per heavy atom. The third-order valence-electron chi connectivity index (χ3n) is 6.61. The molecule has 4 nitrogen and oxygen atoms in total. The lowest BCUT2D eigenvalue weighted by Crippen LogP contribution is -2.43. The zero-order valence-corrected chi connectivity index (χ0v) is 23.2. The van der Waals surface area contributed by atoms with Gasteiger partial charge in [-0.3, -0.25) is 0 Å². The van der Waals surface area contributed by atoms with Gasteiger partial charge in [0.1, 0.15) is 0 Å². The average molecular weight is 459 g/mol. The van der Waals surface area contributed by atoms with Crippen molar-refractivity contribution in [3.63, 3.8) is 0 Å². The highest BCUT2D eigenvalue weighted by Crippen LogP contribution is 2.36. The van der Waals surface area contributed by atoms with Crippen LogP contribution in [-0.2, 0) is 19.6 Å². The van der Waals surface area contributed by atoms with Gasteiger partial charge in [-0.1, -0.05) is 98.3 Å². The van der Waals surface area contributed by atoms with Crippen LogP contribution in [0.25, 0.3) is 0 Å². The molecule has 0 atom stereocenters. The van der Waals surface area contributed by atoms with Gasteiger partial charge >= 0.3 is 0 Å². The van der Waals surface area contributed by atoms with Gasteiger partial charge in [-0.25, -0.2) is 9.78 Å². The van der Waals surface area contributed by atoms with Gasteiger partial charge in [-0.2, -0.15) is 9.78 Å². The summed E-state index contributed by atoms with van der Waals surface area (Å²) in [4.78, 5) is 22.7. The van der Waals surface area contributed by atoms with E-state index >= 15 is 0 Å². The molecule has 0 radical (unpaired) electrons. The molecule has 0 aliphatic heterocycles. The van der Waals surface area contributed by atoms with Crippen molar-refractivity contribution in [2.75, 3.05) is 0 Å². The van der Waals surface area contributed by atoms with Crippen molar-refractivity contribution in [3.05, 3.63) is 0 Å². The van der Waals surface area contributed by atoms with E-state index in [1.807, 2.05) is 27.7 Å². The van der Waals surface area contributed by atoms with Gasteiger partial charge in [0.05, 0.1) is 11.2 Å². The van der Waals surface area contributed by atoms with E-state index in [0.717, 1.165) is 38.5 Å². The Bertz CT molecular complexity index is 382. The first-order valence-electron chi connectivity index (χ1n) is 13.9. The molecule has 194 valence electrons. The standard InChI is InChI=1S/C16H32O4.C12H26/c1-7-14(3,4)17-19-16(12-10-9-11-13-16)20-18-15(5,6)8-2;1-3-5-7-9-11-12-10-8-6-4-2/h7-13H2,1-6H3;3-12H2,1-2H3. The van der Waals surface area contributed by atoms with Crippen LogP contribution in [0, 0.1) is 0 Å². The molecule has 32 heavy (non-hydrogen) atoms. The summed E-state index contributed by atoms with van der Waals surface area (Å²) in [5.41, 5.74) is -0.623. The van der Waals surface area contributed by atoms with Crippen LogP contribution in [0.5, 0.6) is 0 Å². The van der Waals surface area contributed by atoms with Crippen molar-refractivity contribution in [1.82, 2.24) is 0 Å². The molecule has 1 aliphatic rings. The monoisotopic (exact) mass is 458 g/mol. The van der Waals surface area contributed by atoms with Crippen LogP contribution in [0.15, 0.2) is 0 Å². The fraction of sp³-hybridized carbons (Fsp3) is 1.00. The van der Waals surface area contributed by atoms with E-state index < -0.39 is 5.79 Å². The maximum atomic E-state index is 5.72. The zero-order chi connectivity index (χ0) is 24.3. The molecular formula is C28H58O4. The predicted octanol–water partition coefficient (Wildman–Crippen LogP) is 9.85. The molecule has 0 amide bonds. The van der Waals surface area contributed by atoms with E-state index in [1.165, 1.54) is 70.6 Å². The molecule has 0 aromatic rings. The second-order valence-corrected chi connectivity index (χ2v) is 10.9. The van der Waals surface area contributed by atoms with E-state index in [4.69, 9.17) is 19.6 Å². The molecule has 1 fully saturated rings. The minimum atomic E-state index is -0.753. The Morgan fingerprint density at radius 3 is 1.19 bits per heavy atom. The fourth-order valence-electron chi connectivity index (χ4n) is 3.33. The minimum absolute atomic E-state index is 0.311. The lowest BCUT2D eigenvalue weighted by molar-refractivity contribution is -0.547. The molecule has 4 heteroatoms. The average Bonchev–Trinajstić information content (AvgIpc) is 2.80. The van der Waals surface area contributed by atoms with Crippen LogP contribution in [-0.4, -0.2) is 17.0 Å². The smallest absolute Gasteiger partial charge is 0.228 e. The Labute approximate surface area is 201 Å². The van der Waals surface area contributed by atoms with Crippen LogP contribution in [0.2, 0.25) is 0 Å². The molecular weight excluding hydrogens is 400 g/mol. The summed E-state index contributed by atoms with van der Waals surface area (Å²) in [6, 6.07) is 0.